The van der Waals surface area contributed by atoms with Crippen LogP contribution in [0.3, 0.4) is 0 Å². The van der Waals surface area contributed by atoms with Crippen LogP contribution in [0.15, 0.2) is 0 Å². The first-order valence-electron chi connectivity index (χ1n) is 5.33. The van der Waals surface area contributed by atoms with Gasteiger partial charge in [-0.2, -0.15) is 5.21 Å². The number of unbranched alkanes of at least 4 members (excludes halogenated alkanes) is 4. The SMILES string of the molecule is CCCCCCCC(N)c1nn[nH]n1. The number of rotatable bonds is 7. The van der Waals surface area contributed by atoms with Gasteiger partial charge >= 0.3 is 0 Å². The van der Waals surface area contributed by atoms with Gasteiger partial charge in [-0.05, 0) is 6.42 Å². The van der Waals surface area contributed by atoms with Gasteiger partial charge in [0.25, 0.3) is 0 Å². The van der Waals surface area contributed by atoms with E-state index < -0.39 is 0 Å². The third-order valence-electron chi connectivity index (χ3n) is 2.31. The highest BCUT2D eigenvalue weighted by Crippen LogP contribution is 2.13. The number of aromatic amines is 1. The number of aromatic nitrogens is 4. The summed E-state index contributed by atoms with van der Waals surface area (Å²) in [5.41, 5.74) is 5.87. The molecule has 1 rings (SSSR count). The Labute approximate surface area is 84.5 Å². The number of tetrazole rings is 1. The topological polar surface area (TPSA) is 80.5 Å². The summed E-state index contributed by atoms with van der Waals surface area (Å²) in [6.45, 7) is 2.21. The standard InChI is InChI=1S/C9H19N5/c1-2-3-4-5-6-7-8(10)9-11-13-14-12-9/h8H,2-7,10H2,1H3,(H,11,12,13,14). The summed E-state index contributed by atoms with van der Waals surface area (Å²) >= 11 is 0. The van der Waals surface area contributed by atoms with E-state index in [1.165, 1.54) is 25.7 Å². The molecule has 0 spiro atoms. The van der Waals surface area contributed by atoms with Gasteiger partial charge in [0, 0.05) is 0 Å². The molecule has 0 aliphatic heterocycles. The van der Waals surface area contributed by atoms with Crippen LogP contribution in [-0.4, -0.2) is 20.6 Å². The third kappa shape index (κ3) is 3.83. The number of nitrogens with zero attached hydrogens (tertiary/aromatic N) is 3. The quantitative estimate of drug-likeness (QED) is 0.650. The van der Waals surface area contributed by atoms with Crippen LogP contribution in [0.5, 0.6) is 0 Å². The molecule has 1 unspecified atom stereocenters. The zero-order chi connectivity index (χ0) is 10.2. The molecule has 0 aromatic carbocycles. The summed E-state index contributed by atoms with van der Waals surface area (Å²) in [5.74, 6) is 0.625. The van der Waals surface area contributed by atoms with Crippen molar-refractivity contribution in [3.63, 3.8) is 0 Å². The fraction of sp³-hybridized carbons (Fsp3) is 0.889. The normalized spacial score (nSPS) is 13.0. The monoisotopic (exact) mass is 197 g/mol. The van der Waals surface area contributed by atoms with E-state index in [1.807, 2.05) is 0 Å². The molecule has 14 heavy (non-hydrogen) atoms. The maximum Gasteiger partial charge on any atom is 0.191 e. The minimum absolute atomic E-state index is 0.0598. The number of H-pyrrole nitrogens is 1. The molecule has 0 fully saturated rings. The first-order valence-corrected chi connectivity index (χ1v) is 5.33. The van der Waals surface area contributed by atoms with E-state index >= 15 is 0 Å². The second-order valence-corrected chi connectivity index (χ2v) is 3.58. The lowest BCUT2D eigenvalue weighted by Gasteiger charge is -2.05. The Bertz CT molecular complexity index is 221. The Morgan fingerprint density at radius 3 is 2.71 bits per heavy atom. The third-order valence-corrected chi connectivity index (χ3v) is 2.31. The maximum atomic E-state index is 5.87. The molecule has 3 N–H and O–H groups in total. The van der Waals surface area contributed by atoms with Crippen molar-refractivity contribution >= 4 is 0 Å². The molecule has 0 aliphatic carbocycles. The summed E-state index contributed by atoms with van der Waals surface area (Å²) < 4.78 is 0. The zero-order valence-electron chi connectivity index (χ0n) is 8.74. The van der Waals surface area contributed by atoms with Crippen LogP contribution in [0.4, 0.5) is 0 Å². The molecular formula is C9H19N5. The first-order chi connectivity index (χ1) is 6.84. The Balaban J connectivity index is 2.07. The van der Waals surface area contributed by atoms with Crippen molar-refractivity contribution in [2.75, 3.05) is 0 Å². The number of hydrogen-bond donors (Lipinski definition) is 2. The zero-order valence-corrected chi connectivity index (χ0v) is 8.74. The molecule has 1 atom stereocenters. The molecule has 0 amide bonds. The van der Waals surface area contributed by atoms with Gasteiger partial charge in [-0.15, -0.1) is 10.2 Å². The minimum atomic E-state index is -0.0598. The largest absolute Gasteiger partial charge is 0.321 e. The summed E-state index contributed by atoms with van der Waals surface area (Å²) in [6.07, 6.45) is 7.24. The van der Waals surface area contributed by atoms with Crippen molar-refractivity contribution in [3.05, 3.63) is 5.82 Å². The predicted octanol–water partition coefficient (Wildman–Crippen LogP) is 1.56. The van der Waals surface area contributed by atoms with Crippen LogP contribution >= 0.6 is 0 Å². The van der Waals surface area contributed by atoms with Crippen LogP contribution < -0.4 is 5.73 Å². The van der Waals surface area contributed by atoms with Crippen molar-refractivity contribution in [1.82, 2.24) is 20.6 Å². The molecule has 5 nitrogen and oxygen atoms in total. The van der Waals surface area contributed by atoms with E-state index in [-0.39, 0.29) is 6.04 Å². The number of hydrogen-bond acceptors (Lipinski definition) is 4. The highest BCUT2D eigenvalue weighted by Gasteiger charge is 2.09. The van der Waals surface area contributed by atoms with E-state index in [9.17, 15) is 0 Å². The van der Waals surface area contributed by atoms with E-state index in [4.69, 9.17) is 5.73 Å². The molecule has 0 aliphatic rings. The van der Waals surface area contributed by atoms with Crippen molar-refractivity contribution < 1.29 is 0 Å². The Kier molecular flexibility index (Phi) is 5.14. The van der Waals surface area contributed by atoms with Gasteiger partial charge < -0.3 is 5.73 Å². The van der Waals surface area contributed by atoms with Gasteiger partial charge in [0.2, 0.25) is 0 Å². The lowest BCUT2D eigenvalue weighted by molar-refractivity contribution is 0.539. The van der Waals surface area contributed by atoms with Gasteiger partial charge in [-0.25, -0.2) is 0 Å². The Morgan fingerprint density at radius 1 is 1.29 bits per heavy atom. The van der Waals surface area contributed by atoms with Gasteiger partial charge in [0.15, 0.2) is 5.82 Å². The van der Waals surface area contributed by atoms with Gasteiger partial charge in [0.1, 0.15) is 0 Å². The molecule has 1 heterocycles. The molecule has 1 aromatic heterocycles. The van der Waals surface area contributed by atoms with Gasteiger partial charge in [-0.3, -0.25) is 0 Å². The molecular weight excluding hydrogens is 178 g/mol. The fourth-order valence-corrected chi connectivity index (χ4v) is 1.42. The van der Waals surface area contributed by atoms with Gasteiger partial charge in [-0.1, -0.05) is 44.2 Å². The van der Waals surface area contributed by atoms with E-state index in [1.54, 1.807) is 0 Å². The molecule has 5 heteroatoms. The number of nitrogens with one attached hydrogen (secondary N) is 1. The van der Waals surface area contributed by atoms with E-state index in [0.717, 1.165) is 12.8 Å². The first kappa shape index (κ1) is 11.1. The average molecular weight is 197 g/mol. The smallest absolute Gasteiger partial charge is 0.191 e. The van der Waals surface area contributed by atoms with Crippen LogP contribution in [-0.2, 0) is 0 Å². The second-order valence-electron chi connectivity index (χ2n) is 3.58. The fourth-order valence-electron chi connectivity index (χ4n) is 1.42. The summed E-state index contributed by atoms with van der Waals surface area (Å²) in [7, 11) is 0. The predicted molar refractivity (Wildman–Crippen MR) is 54.5 cm³/mol. The Morgan fingerprint density at radius 2 is 2.07 bits per heavy atom. The Hall–Kier alpha value is -0.970. The summed E-state index contributed by atoms with van der Waals surface area (Å²) in [5, 5.41) is 13.6. The summed E-state index contributed by atoms with van der Waals surface area (Å²) in [6, 6.07) is -0.0598. The molecule has 80 valence electrons. The van der Waals surface area contributed by atoms with Crippen LogP contribution in [0, 0.1) is 0 Å². The lowest BCUT2D eigenvalue weighted by Crippen LogP contribution is -2.12. The molecule has 0 saturated heterocycles. The molecule has 0 saturated carbocycles. The number of nitrogens with two attached hydrogens (primary N) is 1. The molecule has 0 bridgehead atoms. The van der Waals surface area contributed by atoms with Crippen LogP contribution in [0.2, 0.25) is 0 Å². The highest BCUT2D eigenvalue weighted by atomic mass is 15.5. The minimum Gasteiger partial charge on any atom is -0.321 e. The maximum absolute atomic E-state index is 5.87. The lowest BCUT2D eigenvalue weighted by atomic mass is 10.1. The van der Waals surface area contributed by atoms with Crippen molar-refractivity contribution in [3.8, 4) is 0 Å². The van der Waals surface area contributed by atoms with Crippen molar-refractivity contribution in [2.24, 2.45) is 5.73 Å². The van der Waals surface area contributed by atoms with Crippen LogP contribution in [0.25, 0.3) is 0 Å². The van der Waals surface area contributed by atoms with Crippen LogP contribution in [0.1, 0.15) is 57.3 Å². The van der Waals surface area contributed by atoms with E-state index in [0.29, 0.717) is 5.82 Å². The van der Waals surface area contributed by atoms with Crippen molar-refractivity contribution in [2.45, 2.75) is 51.5 Å². The molecule has 0 radical (unpaired) electrons. The highest BCUT2D eigenvalue weighted by molar-refractivity contribution is 4.85. The van der Waals surface area contributed by atoms with Gasteiger partial charge in [0.05, 0.1) is 6.04 Å². The average Bonchev–Trinajstić information content (AvgIpc) is 2.70. The summed E-state index contributed by atoms with van der Waals surface area (Å²) in [4.78, 5) is 0. The second kappa shape index (κ2) is 6.48. The molecule has 1 aromatic rings. The van der Waals surface area contributed by atoms with E-state index in [2.05, 4.69) is 27.5 Å². The van der Waals surface area contributed by atoms with Crippen molar-refractivity contribution in [1.29, 1.82) is 0 Å².